The Bertz CT molecular complexity index is 499. The lowest BCUT2D eigenvalue weighted by Gasteiger charge is -2.14. The van der Waals surface area contributed by atoms with Gasteiger partial charge in [-0.25, -0.2) is 0 Å². The topological polar surface area (TPSA) is 94.1 Å². The van der Waals surface area contributed by atoms with Crippen LogP contribution in [-0.4, -0.2) is 29.5 Å². The number of rotatable bonds is 4. The third-order valence-electron chi connectivity index (χ3n) is 2.72. The van der Waals surface area contributed by atoms with E-state index >= 15 is 0 Å². The Balaban J connectivity index is 2.20. The van der Waals surface area contributed by atoms with Crippen molar-refractivity contribution in [3.05, 3.63) is 23.8 Å². The lowest BCUT2D eigenvalue weighted by molar-refractivity contribution is -0.124. The minimum atomic E-state index is -0.657. The fraction of sp³-hybridized carbons (Fsp3) is 0.333. The molecule has 0 fully saturated rings. The summed E-state index contributed by atoms with van der Waals surface area (Å²) in [6.07, 6.45) is -0.160. The van der Waals surface area contributed by atoms with E-state index in [9.17, 15) is 4.79 Å². The molecular weight excluding hydrogens is 236 g/mol. The van der Waals surface area contributed by atoms with Crippen LogP contribution in [0.25, 0.3) is 0 Å². The number of nitrogens with zero attached hydrogens (tertiary/aromatic N) is 1. The second-order valence-electron chi connectivity index (χ2n) is 3.91. The first-order valence-corrected chi connectivity index (χ1v) is 5.59. The Kier molecular flexibility index (Phi) is 3.36. The zero-order valence-electron chi connectivity index (χ0n) is 9.92. The van der Waals surface area contributed by atoms with Crippen LogP contribution in [0.1, 0.15) is 18.9 Å². The van der Waals surface area contributed by atoms with Gasteiger partial charge in [0.05, 0.1) is 0 Å². The predicted octanol–water partition coefficient (Wildman–Crippen LogP) is 0.900. The van der Waals surface area contributed by atoms with E-state index in [2.05, 4.69) is 5.16 Å². The van der Waals surface area contributed by atoms with Gasteiger partial charge < -0.3 is 20.4 Å². The molecule has 6 heteroatoms. The zero-order valence-corrected chi connectivity index (χ0v) is 9.92. The van der Waals surface area contributed by atoms with Crippen LogP contribution in [0.4, 0.5) is 0 Å². The lowest BCUT2D eigenvalue weighted by atomic mass is 10.1. The van der Waals surface area contributed by atoms with Gasteiger partial charge in [-0.3, -0.25) is 4.79 Å². The molecule has 18 heavy (non-hydrogen) atoms. The van der Waals surface area contributed by atoms with Crippen molar-refractivity contribution >= 4 is 11.6 Å². The third kappa shape index (κ3) is 2.22. The summed E-state index contributed by atoms with van der Waals surface area (Å²) in [7, 11) is 0. The molecule has 2 rings (SSSR count). The van der Waals surface area contributed by atoms with E-state index < -0.39 is 12.0 Å². The summed E-state index contributed by atoms with van der Waals surface area (Å²) < 4.78 is 10.8. The fourth-order valence-electron chi connectivity index (χ4n) is 1.75. The van der Waals surface area contributed by atoms with E-state index in [1.165, 1.54) is 0 Å². The van der Waals surface area contributed by atoms with E-state index in [0.29, 0.717) is 23.6 Å². The summed E-state index contributed by atoms with van der Waals surface area (Å²) in [5, 5.41) is 11.9. The van der Waals surface area contributed by atoms with Crippen LogP contribution < -0.4 is 15.2 Å². The van der Waals surface area contributed by atoms with Crippen LogP contribution in [0, 0.1) is 0 Å². The summed E-state index contributed by atoms with van der Waals surface area (Å²) >= 11 is 0. The number of hydrogen-bond acceptors (Lipinski definition) is 5. The van der Waals surface area contributed by atoms with Crippen molar-refractivity contribution < 1.29 is 19.5 Å². The van der Waals surface area contributed by atoms with E-state index in [-0.39, 0.29) is 6.61 Å². The molecule has 1 aliphatic rings. The monoisotopic (exact) mass is 250 g/mol. The maximum Gasteiger partial charge on any atom is 0.258 e. The number of primary amides is 1. The third-order valence-corrected chi connectivity index (χ3v) is 2.72. The highest BCUT2D eigenvalue weighted by Crippen LogP contribution is 2.30. The minimum absolute atomic E-state index is 0.225. The molecule has 1 aromatic rings. The number of ether oxygens (including phenoxy) is 2. The molecule has 0 spiro atoms. The van der Waals surface area contributed by atoms with Crippen molar-refractivity contribution in [3.8, 4) is 11.5 Å². The maximum absolute atomic E-state index is 11.1. The van der Waals surface area contributed by atoms with Crippen molar-refractivity contribution in [2.45, 2.75) is 19.4 Å². The number of hydrogen-bond donors (Lipinski definition) is 2. The first-order valence-electron chi connectivity index (χ1n) is 5.59. The molecule has 0 radical (unpaired) electrons. The second kappa shape index (κ2) is 4.95. The molecule has 1 atom stereocenters. The van der Waals surface area contributed by atoms with Gasteiger partial charge in [-0.2, -0.15) is 0 Å². The molecule has 6 nitrogen and oxygen atoms in total. The zero-order chi connectivity index (χ0) is 13.1. The molecule has 1 unspecified atom stereocenters. The van der Waals surface area contributed by atoms with Crippen molar-refractivity contribution in [2.24, 2.45) is 10.9 Å². The molecule has 3 N–H and O–H groups in total. The molecule has 1 aromatic carbocycles. The number of carbonyl (C=O) groups excluding carboxylic acids is 1. The summed E-state index contributed by atoms with van der Waals surface area (Å²) in [6, 6.07) is 5.06. The van der Waals surface area contributed by atoms with Gasteiger partial charge in [-0.15, -0.1) is 0 Å². The molecule has 0 bridgehead atoms. The number of amides is 1. The number of nitrogens with two attached hydrogens (primary N) is 1. The first kappa shape index (κ1) is 12.2. The minimum Gasteiger partial charge on any atom is -0.486 e. The Labute approximate surface area is 104 Å². The fourth-order valence-corrected chi connectivity index (χ4v) is 1.75. The normalized spacial score (nSPS) is 17.1. The molecule has 0 aliphatic carbocycles. The molecular formula is C12H14N2O4. The average molecular weight is 250 g/mol. The molecule has 1 amide bonds. The second-order valence-corrected chi connectivity index (χ2v) is 3.91. The van der Waals surface area contributed by atoms with Crippen LogP contribution in [0.5, 0.6) is 11.5 Å². The highest BCUT2D eigenvalue weighted by Gasteiger charge is 2.22. The van der Waals surface area contributed by atoms with E-state index in [1.807, 2.05) is 6.92 Å². The van der Waals surface area contributed by atoms with E-state index in [1.54, 1.807) is 18.2 Å². The Morgan fingerprint density at radius 1 is 1.67 bits per heavy atom. The van der Waals surface area contributed by atoms with E-state index in [4.69, 9.17) is 20.4 Å². The quantitative estimate of drug-likeness (QED) is 0.613. The van der Waals surface area contributed by atoms with Crippen LogP contribution in [-0.2, 0) is 4.79 Å². The number of carbonyl (C=O) groups is 1. The number of benzene rings is 1. The van der Waals surface area contributed by atoms with Gasteiger partial charge in [-0.1, -0.05) is 12.1 Å². The summed E-state index contributed by atoms with van der Waals surface area (Å²) in [4.78, 5) is 11.1. The average Bonchev–Trinajstić information content (AvgIpc) is 2.77. The predicted molar refractivity (Wildman–Crippen MR) is 64.2 cm³/mol. The summed E-state index contributed by atoms with van der Waals surface area (Å²) in [5.41, 5.74) is 6.39. The van der Waals surface area contributed by atoms with Gasteiger partial charge in [0.25, 0.3) is 5.91 Å². The molecule has 0 saturated heterocycles. The highest BCUT2D eigenvalue weighted by atomic mass is 16.5. The Hall–Kier alpha value is -2.24. The van der Waals surface area contributed by atoms with Gasteiger partial charge in [0.1, 0.15) is 23.8 Å². The maximum atomic E-state index is 11.1. The molecule has 0 saturated carbocycles. The van der Waals surface area contributed by atoms with Gasteiger partial charge in [-0.05, 0) is 18.6 Å². The van der Waals surface area contributed by atoms with E-state index in [0.717, 1.165) is 5.56 Å². The highest BCUT2D eigenvalue weighted by molar-refractivity contribution is 6.06. The van der Waals surface area contributed by atoms with Crippen LogP contribution in [0.15, 0.2) is 23.4 Å². The first-order chi connectivity index (χ1) is 8.65. The van der Waals surface area contributed by atoms with Gasteiger partial charge in [0, 0.05) is 11.6 Å². The summed E-state index contributed by atoms with van der Waals surface area (Å²) in [6.45, 7) is 2.04. The smallest absolute Gasteiger partial charge is 0.258 e. The molecule has 1 heterocycles. The largest absolute Gasteiger partial charge is 0.486 e. The number of fused-ring (bicyclic) bond motifs is 1. The van der Waals surface area contributed by atoms with Crippen LogP contribution in [0.2, 0.25) is 0 Å². The molecule has 96 valence electrons. The molecule has 1 aliphatic heterocycles. The standard InChI is InChI=1S/C12H14N2O4/c1-2-10(12(13)15)18-7-3-4-8-9(14-16)6-17-11(8)5-7/h3-5,10,16H,2,6H2,1H3,(H2,13,15). The SMILES string of the molecule is CCC(Oc1ccc2c(c1)OCC2=NO)C(N)=O. The molecule has 0 aromatic heterocycles. The van der Waals surface area contributed by atoms with Crippen molar-refractivity contribution in [2.75, 3.05) is 6.61 Å². The van der Waals surface area contributed by atoms with Crippen molar-refractivity contribution in [3.63, 3.8) is 0 Å². The Morgan fingerprint density at radius 3 is 3.06 bits per heavy atom. The van der Waals surface area contributed by atoms with Crippen LogP contribution in [0.3, 0.4) is 0 Å². The van der Waals surface area contributed by atoms with Crippen molar-refractivity contribution in [1.29, 1.82) is 0 Å². The van der Waals surface area contributed by atoms with Gasteiger partial charge >= 0.3 is 0 Å². The van der Waals surface area contributed by atoms with Gasteiger partial charge in [0.15, 0.2) is 6.10 Å². The lowest BCUT2D eigenvalue weighted by Crippen LogP contribution is -2.32. The van der Waals surface area contributed by atoms with Crippen molar-refractivity contribution in [1.82, 2.24) is 0 Å². The Morgan fingerprint density at radius 2 is 2.44 bits per heavy atom. The van der Waals surface area contributed by atoms with Gasteiger partial charge in [0.2, 0.25) is 0 Å². The van der Waals surface area contributed by atoms with Crippen LogP contribution >= 0.6 is 0 Å². The number of oxime groups is 1. The summed E-state index contributed by atoms with van der Waals surface area (Å²) in [5.74, 6) is 0.565.